The Bertz CT molecular complexity index is 2050. The lowest BCUT2D eigenvalue weighted by molar-refractivity contribution is -0.228. The maximum absolute atomic E-state index is 13.2. The van der Waals surface area contributed by atoms with Crippen molar-refractivity contribution in [2.24, 2.45) is 0 Å². The third-order valence-electron chi connectivity index (χ3n) is 11.1. The van der Waals surface area contributed by atoms with E-state index in [1.807, 2.05) is 68.8 Å². The maximum atomic E-state index is 13.2. The molecule has 2 heterocycles. The van der Waals surface area contributed by atoms with Crippen LogP contribution in [0.3, 0.4) is 0 Å². The van der Waals surface area contributed by atoms with Gasteiger partial charge in [-0.2, -0.15) is 26.3 Å². The van der Waals surface area contributed by atoms with Crippen LogP contribution in [0.25, 0.3) is 33.8 Å². The smallest absolute Gasteiger partial charge is 0.417 e. The fourth-order valence-electron chi connectivity index (χ4n) is 6.90. The highest BCUT2D eigenvalue weighted by Gasteiger charge is 2.42. The monoisotopic (exact) mass is 938 g/mol. The fraction of sp³-hybridized carbons (Fsp3) is 0.500. The summed E-state index contributed by atoms with van der Waals surface area (Å²) in [7, 11) is 0. The number of pyridine rings is 1. The number of hydrogen-bond acceptors (Lipinski definition) is 7. The molecule has 0 aliphatic rings. The van der Waals surface area contributed by atoms with Crippen LogP contribution in [0.1, 0.15) is 122 Å². The van der Waals surface area contributed by atoms with E-state index < -0.39 is 37.8 Å². The van der Waals surface area contributed by atoms with E-state index in [0.29, 0.717) is 30.2 Å². The molecule has 0 aliphatic heterocycles. The van der Waals surface area contributed by atoms with Crippen molar-refractivity contribution >= 4 is 0 Å². The number of hydrogen-bond donors (Lipinski definition) is 0. The van der Waals surface area contributed by atoms with Gasteiger partial charge in [0.05, 0.1) is 5.69 Å². The first-order valence-electron chi connectivity index (χ1n) is 24.0. The molecule has 2 aromatic heterocycles. The lowest BCUT2D eigenvalue weighted by Gasteiger charge is -2.21. The van der Waals surface area contributed by atoms with Crippen molar-refractivity contribution in [3.8, 4) is 45.3 Å². The summed E-state index contributed by atoms with van der Waals surface area (Å²) in [6.07, 6.45) is 8.73. The maximum Gasteiger partial charge on any atom is 0.417 e. The first-order chi connectivity index (χ1) is 32.3. The number of nitrogens with zero attached hydrogens (tertiary/aromatic N) is 3. The van der Waals surface area contributed by atoms with Gasteiger partial charge in [-0.15, -0.1) is 0 Å². The Kier molecular flexibility index (Phi) is 24.2. The minimum atomic E-state index is -4.46. The van der Waals surface area contributed by atoms with Crippen molar-refractivity contribution < 1.29 is 45.3 Å². The third kappa shape index (κ3) is 20.4. The summed E-state index contributed by atoms with van der Waals surface area (Å²) in [4.78, 5) is 13.5. The molecule has 5 rings (SSSR count). The van der Waals surface area contributed by atoms with Crippen molar-refractivity contribution in [3.05, 3.63) is 115 Å². The lowest BCUT2D eigenvalue weighted by Crippen LogP contribution is -2.37. The summed E-state index contributed by atoms with van der Waals surface area (Å²) in [5, 5.41) is 0. The Hall–Kier alpha value is -5.01. The summed E-state index contributed by atoms with van der Waals surface area (Å²) in [6.45, 7) is 7.21. The van der Waals surface area contributed by atoms with Gasteiger partial charge in [0.1, 0.15) is 24.7 Å². The molecule has 13 heteroatoms. The highest BCUT2D eigenvalue weighted by Crippen LogP contribution is 2.29. The van der Waals surface area contributed by atoms with Crippen LogP contribution in [0.2, 0.25) is 0 Å². The highest BCUT2D eigenvalue weighted by molar-refractivity contribution is 5.69. The molecule has 0 fully saturated rings. The summed E-state index contributed by atoms with van der Waals surface area (Å²) >= 11 is 0. The zero-order valence-corrected chi connectivity index (χ0v) is 39.6. The number of unbranched alkanes of at least 4 members (excludes halogenated alkanes) is 9. The molecule has 2 atom stereocenters. The minimum absolute atomic E-state index is 0.0644. The van der Waals surface area contributed by atoms with Crippen molar-refractivity contribution in [1.29, 1.82) is 0 Å². The van der Waals surface area contributed by atoms with Crippen molar-refractivity contribution in [2.45, 2.75) is 149 Å². The molecule has 366 valence electrons. The normalized spacial score (nSPS) is 12.6. The van der Waals surface area contributed by atoms with Crippen molar-refractivity contribution in [3.63, 3.8) is 0 Å². The number of alkyl halides is 6. The van der Waals surface area contributed by atoms with E-state index in [1.54, 1.807) is 36.4 Å². The SMILES string of the molecule is CCCCCCCc1ccc(-c2ccc(-c3ccc(OCC(OCCCC)C(F)(F)F)cc3)cc2)nc1.CCCCCCc1cnc(-c2ccc(OCC(OCCCC)C(F)(F)F)cc2)nc1. The van der Waals surface area contributed by atoms with Gasteiger partial charge in [-0.3, -0.25) is 4.98 Å². The number of ether oxygens (including phenoxy) is 4. The second-order valence-electron chi connectivity index (χ2n) is 16.7. The van der Waals surface area contributed by atoms with Crippen LogP contribution in [0.15, 0.2) is 104 Å². The average molecular weight is 938 g/mol. The summed E-state index contributed by atoms with van der Waals surface area (Å²) in [5.74, 6) is 1.30. The van der Waals surface area contributed by atoms with Gasteiger partial charge in [0.2, 0.25) is 0 Å². The van der Waals surface area contributed by atoms with Gasteiger partial charge in [0.15, 0.2) is 18.0 Å². The summed E-state index contributed by atoms with van der Waals surface area (Å²) < 4.78 is 99.4. The highest BCUT2D eigenvalue weighted by atomic mass is 19.4. The van der Waals surface area contributed by atoms with E-state index in [-0.39, 0.29) is 13.2 Å². The molecule has 0 N–H and O–H groups in total. The molecule has 0 bridgehead atoms. The topological polar surface area (TPSA) is 75.6 Å². The molecule has 0 spiro atoms. The number of benzene rings is 3. The van der Waals surface area contributed by atoms with E-state index in [1.165, 1.54) is 56.9 Å². The Morgan fingerprint density at radius 2 is 0.821 bits per heavy atom. The van der Waals surface area contributed by atoms with Crippen LogP contribution in [-0.2, 0) is 22.3 Å². The summed E-state index contributed by atoms with van der Waals surface area (Å²) in [6, 6.07) is 26.1. The standard InChI is InChI=1S/C31H38F3NO2.C23H31F3N2O2/c1-3-5-7-8-9-10-24-11-20-29(35-22-24)27-14-12-25(13-15-27)26-16-18-28(19-17-26)37-23-30(31(32,33)34)36-21-6-4-2;1-3-5-7-8-9-18-15-27-22(28-16-18)19-10-12-20(13-11-19)30-17-21(23(24,25)26)29-14-6-4-2/h11-20,22,30H,3-10,21,23H2,1-2H3;10-13,15-16,21H,3-9,14,17H2,1-2H3. The van der Waals surface area contributed by atoms with Crippen LogP contribution >= 0.6 is 0 Å². The number of aromatic nitrogens is 3. The second kappa shape index (κ2) is 29.7. The van der Waals surface area contributed by atoms with Gasteiger partial charge in [0, 0.05) is 42.9 Å². The van der Waals surface area contributed by atoms with Gasteiger partial charge in [-0.25, -0.2) is 9.97 Å². The average Bonchev–Trinajstić information content (AvgIpc) is 3.33. The van der Waals surface area contributed by atoms with Crippen LogP contribution in [0.5, 0.6) is 11.5 Å². The van der Waals surface area contributed by atoms with Crippen LogP contribution in [0, 0.1) is 0 Å². The van der Waals surface area contributed by atoms with Gasteiger partial charge >= 0.3 is 12.4 Å². The first-order valence-corrected chi connectivity index (χ1v) is 24.0. The van der Waals surface area contributed by atoms with Gasteiger partial charge in [-0.1, -0.05) is 128 Å². The molecule has 0 aliphatic carbocycles. The van der Waals surface area contributed by atoms with Crippen LogP contribution in [0.4, 0.5) is 26.3 Å². The molecule has 2 unspecified atom stereocenters. The predicted molar refractivity (Wildman–Crippen MR) is 255 cm³/mol. The molecule has 7 nitrogen and oxygen atoms in total. The zero-order valence-electron chi connectivity index (χ0n) is 39.6. The number of halogens is 6. The Morgan fingerprint density at radius 3 is 1.27 bits per heavy atom. The molecule has 67 heavy (non-hydrogen) atoms. The molecular formula is C54H69F6N3O4. The first kappa shape index (κ1) is 54.6. The van der Waals surface area contributed by atoms with Gasteiger partial charge in [-0.05, 0) is 103 Å². The minimum Gasteiger partial charge on any atom is -0.491 e. The van der Waals surface area contributed by atoms with Crippen LogP contribution in [-0.4, -0.2) is 65.9 Å². The van der Waals surface area contributed by atoms with Gasteiger partial charge in [0.25, 0.3) is 0 Å². The quantitative estimate of drug-likeness (QED) is 0.0365. The third-order valence-corrected chi connectivity index (χ3v) is 11.1. The van der Waals surface area contributed by atoms with E-state index >= 15 is 0 Å². The molecule has 0 saturated carbocycles. The molecule has 0 saturated heterocycles. The van der Waals surface area contributed by atoms with E-state index in [0.717, 1.165) is 65.6 Å². The predicted octanol–water partition coefficient (Wildman–Crippen LogP) is 15.4. The van der Waals surface area contributed by atoms with E-state index in [9.17, 15) is 26.3 Å². The molecule has 3 aromatic carbocycles. The largest absolute Gasteiger partial charge is 0.491 e. The molecule has 0 amide bonds. The Labute approximate surface area is 394 Å². The van der Waals surface area contributed by atoms with Crippen molar-refractivity contribution in [1.82, 2.24) is 15.0 Å². The van der Waals surface area contributed by atoms with Crippen LogP contribution < -0.4 is 9.47 Å². The number of rotatable bonds is 28. The lowest BCUT2D eigenvalue weighted by atomic mass is 10.0. The molecule has 5 aromatic rings. The Morgan fingerprint density at radius 1 is 0.418 bits per heavy atom. The second-order valence-corrected chi connectivity index (χ2v) is 16.7. The number of aryl methyl sites for hydroxylation is 2. The fourth-order valence-corrected chi connectivity index (χ4v) is 6.90. The van der Waals surface area contributed by atoms with Gasteiger partial charge < -0.3 is 18.9 Å². The van der Waals surface area contributed by atoms with E-state index in [4.69, 9.17) is 18.9 Å². The summed E-state index contributed by atoms with van der Waals surface area (Å²) in [5.41, 5.74) is 7.10. The molecule has 0 radical (unpaired) electrons. The zero-order chi connectivity index (χ0) is 48.3. The molecular weight excluding hydrogens is 869 g/mol. The Balaban J connectivity index is 0.000000299. The van der Waals surface area contributed by atoms with E-state index in [2.05, 4.69) is 40.9 Å². The van der Waals surface area contributed by atoms with Crippen molar-refractivity contribution in [2.75, 3.05) is 26.4 Å².